The summed E-state index contributed by atoms with van der Waals surface area (Å²) < 4.78 is 53.0. The van der Waals surface area contributed by atoms with Crippen LogP contribution in [0.25, 0.3) is 0 Å². The van der Waals surface area contributed by atoms with E-state index in [2.05, 4.69) is 16.5 Å². The number of methoxy groups -OCH3 is 1. The van der Waals surface area contributed by atoms with Crippen LogP contribution in [0.1, 0.15) is 6.92 Å². The molecule has 0 saturated heterocycles. The maximum atomic E-state index is 12.4. The molecule has 0 fully saturated rings. The van der Waals surface area contributed by atoms with E-state index in [4.69, 9.17) is 5.21 Å². The van der Waals surface area contributed by atoms with Crippen molar-refractivity contribution in [1.82, 2.24) is 0 Å². The van der Waals surface area contributed by atoms with Crippen LogP contribution in [0.4, 0.5) is 13.2 Å². The number of ether oxygens (including phenoxy) is 1. The molecule has 0 amide bonds. The Morgan fingerprint density at radius 3 is 2.37 bits per heavy atom. The summed E-state index contributed by atoms with van der Waals surface area (Å²) in [7, 11) is -1.02. The van der Waals surface area contributed by atoms with E-state index in [-0.39, 0.29) is 5.75 Å². The third kappa shape index (κ3) is 4.86. The van der Waals surface area contributed by atoms with E-state index in [1.54, 1.807) is 0 Å². The molecule has 0 aliphatic heterocycles. The molecular formula is C10H12F3NO4S. The first kappa shape index (κ1) is 17.4. The summed E-state index contributed by atoms with van der Waals surface area (Å²) in [4.78, 5) is 10.6. The predicted octanol–water partition coefficient (Wildman–Crippen LogP) is 1.76. The van der Waals surface area contributed by atoms with E-state index in [1.807, 2.05) is 0 Å². The number of rotatable bonds is 5. The zero-order valence-corrected chi connectivity index (χ0v) is 11.0. The molecule has 19 heavy (non-hydrogen) atoms. The van der Waals surface area contributed by atoms with E-state index < -0.39 is 39.1 Å². The molecule has 1 N–H and O–H groups in total. The summed E-state index contributed by atoms with van der Waals surface area (Å²) >= 11 is 0. The molecule has 0 bridgehead atoms. The highest BCUT2D eigenvalue weighted by Crippen LogP contribution is 2.26. The Morgan fingerprint density at radius 2 is 2.05 bits per heavy atom. The zero-order chi connectivity index (χ0) is 15.2. The maximum absolute atomic E-state index is 12.4. The molecule has 5 nitrogen and oxygen atoms in total. The van der Waals surface area contributed by atoms with Crippen LogP contribution in [0.15, 0.2) is 28.3 Å². The van der Waals surface area contributed by atoms with Crippen LogP contribution in [0, 0.1) is 0 Å². The van der Waals surface area contributed by atoms with Gasteiger partial charge >= 0.3 is 12.1 Å². The fourth-order valence-corrected chi connectivity index (χ4v) is 1.85. The van der Waals surface area contributed by atoms with Crippen LogP contribution in [0.3, 0.4) is 0 Å². The van der Waals surface area contributed by atoms with Crippen LogP contribution in [0.2, 0.25) is 0 Å². The monoisotopic (exact) mass is 299 g/mol. The number of hydrogen-bond donors (Lipinski definition) is 1. The number of halogens is 3. The van der Waals surface area contributed by atoms with Gasteiger partial charge in [-0.15, -0.1) is 0 Å². The molecule has 0 spiro atoms. The molecule has 0 aromatic carbocycles. The van der Waals surface area contributed by atoms with Gasteiger partial charge in [-0.1, -0.05) is 18.7 Å². The van der Waals surface area contributed by atoms with Gasteiger partial charge in [0.1, 0.15) is 0 Å². The highest BCUT2D eigenvalue weighted by atomic mass is 32.2. The van der Waals surface area contributed by atoms with Crippen molar-refractivity contribution in [1.29, 1.82) is 0 Å². The summed E-state index contributed by atoms with van der Waals surface area (Å²) in [5, 5.41) is 11.2. The van der Waals surface area contributed by atoms with Crippen LogP contribution < -0.4 is 0 Å². The lowest BCUT2D eigenvalue weighted by Crippen LogP contribution is -2.23. The molecule has 0 aliphatic rings. The third-order valence-electron chi connectivity index (χ3n) is 1.89. The number of hydrogen-bond acceptors (Lipinski definition) is 5. The predicted molar refractivity (Wildman–Crippen MR) is 63.2 cm³/mol. The van der Waals surface area contributed by atoms with Crippen LogP contribution >= 0.6 is 0 Å². The van der Waals surface area contributed by atoms with E-state index in [1.165, 1.54) is 6.92 Å². The highest BCUT2D eigenvalue weighted by Gasteiger charge is 2.33. The van der Waals surface area contributed by atoms with E-state index >= 15 is 0 Å². The first-order chi connectivity index (χ1) is 8.68. The van der Waals surface area contributed by atoms with Crippen molar-refractivity contribution < 1.29 is 32.1 Å². The van der Waals surface area contributed by atoms with Gasteiger partial charge in [-0.05, 0) is 6.08 Å². The van der Waals surface area contributed by atoms with Gasteiger partial charge in [0.05, 0.1) is 22.8 Å². The molecule has 0 heterocycles. The minimum atomic E-state index is -4.75. The Hall–Kier alpha value is -1.64. The normalized spacial score (nSPS) is 15.0. The minimum absolute atomic E-state index is 0.0764. The molecule has 0 aliphatic carbocycles. The van der Waals surface area contributed by atoms with Crippen LogP contribution in [-0.4, -0.2) is 40.1 Å². The molecule has 0 saturated carbocycles. The standard InChI is InChI=1S/C10H12F3NO4S/c1-4-19(17)7(5-6(2)10(11,12)13)8(14-16)9(15)18-3/h5,16H,2,4H2,1,3H3/b7-5+,14-8-. The molecule has 0 aromatic rings. The van der Waals surface area contributed by atoms with E-state index in [9.17, 15) is 22.2 Å². The van der Waals surface area contributed by atoms with Crippen molar-refractivity contribution in [2.75, 3.05) is 12.9 Å². The Balaban J connectivity index is 5.72. The minimum Gasteiger partial charge on any atom is -0.464 e. The Bertz CT molecular complexity index is 454. The lowest BCUT2D eigenvalue weighted by atomic mass is 10.2. The summed E-state index contributed by atoms with van der Waals surface area (Å²) in [6, 6.07) is 0. The van der Waals surface area contributed by atoms with Crippen LogP contribution in [0.5, 0.6) is 0 Å². The van der Waals surface area contributed by atoms with Gasteiger partial charge < -0.3 is 9.94 Å². The highest BCUT2D eigenvalue weighted by molar-refractivity contribution is 7.90. The molecule has 1 unspecified atom stereocenters. The van der Waals surface area contributed by atoms with Gasteiger partial charge in [0, 0.05) is 11.3 Å². The molecule has 1 atom stereocenters. The smallest absolute Gasteiger partial charge is 0.415 e. The van der Waals surface area contributed by atoms with Crippen molar-refractivity contribution in [2.24, 2.45) is 5.16 Å². The van der Waals surface area contributed by atoms with Gasteiger partial charge in [0.25, 0.3) is 0 Å². The topological polar surface area (TPSA) is 76.0 Å². The number of esters is 1. The molecule has 0 aromatic heterocycles. The maximum Gasteiger partial charge on any atom is 0.415 e. The number of carbonyl (C=O) groups is 1. The number of carbonyl (C=O) groups excluding carboxylic acids is 1. The number of oxime groups is 1. The summed E-state index contributed by atoms with van der Waals surface area (Å²) in [6.45, 7) is 4.18. The second-order valence-electron chi connectivity index (χ2n) is 3.11. The zero-order valence-electron chi connectivity index (χ0n) is 10.2. The first-order valence-electron chi connectivity index (χ1n) is 4.85. The number of alkyl halides is 3. The molecule has 0 radical (unpaired) electrons. The molecule has 9 heteroatoms. The lowest BCUT2D eigenvalue weighted by Gasteiger charge is -2.10. The van der Waals surface area contributed by atoms with Crippen molar-refractivity contribution in [3.05, 3.63) is 23.1 Å². The fraction of sp³-hybridized carbons (Fsp3) is 0.400. The average molecular weight is 299 g/mol. The summed E-state index contributed by atoms with van der Waals surface area (Å²) in [6.07, 6.45) is -4.36. The summed E-state index contributed by atoms with van der Waals surface area (Å²) in [5.41, 5.74) is -2.18. The van der Waals surface area contributed by atoms with Crippen molar-refractivity contribution in [3.8, 4) is 0 Å². The van der Waals surface area contributed by atoms with Gasteiger partial charge in [-0.2, -0.15) is 13.2 Å². The van der Waals surface area contributed by atoms with Crippen LogP contribution in [-0.2, 0) is 20.3 Å². The molecular weight excluding hydrogens is 287 g/mol. The SMILES string of the molecule is C=C(/C=C(\C(=N\O)C(=O)OC)S(=O)CC)C(F)(F)F. The lowest BCUT2D eigenvalue weighted by molar-refractivity contribution is -0.132. The first-order valence-corrected chi connectivity index (χ1v) is 6.17. The van der Waals surface area contributed by atoms with Crippen molar-refractivity contribution >= 4 is 22.5 Å². The Morgan fingerprint density at radius 1 is 1.53 bits per heavy atom. The van der Waals surface area contributed by atoms with Gasteiger partial charge in [0.15, 0.2) is 0 Å². The van der Waals surface area contributed by atoms with Crippen molar-refractivity contribution in [3.63, 3.8) is 0 Å². The average Bonchev–Trinajstić information content (AvgIpc) is 2.35. The van der Waals surface area contributed by atoms with Gasteiger partial charge in [0.2, 0.25) is 5.71 Å². The number of allylic oxidation sites excluding steroid dienone is 2. The Kier molecular flexibility index (Phi) is 6.46. The summed E-state index contributed by atoms with van der Waals surface area (Å²) in [5.74, 6) is -1.28. The number of nitrogens with zero attached hydrogens (tertiary/aromatic N) is 1. The van der Waals surface area contributed by atoms with E-state index in [0.717, 1.165) is 7.11 Å². The quantitative estimate of drug-likeness (QED) is 0.276. The molecule has 0 rings (SSSR count). The largest absolute Gasteiger partial charge is 0.464 e. The second kappa shape index (κ2) is 7.07. The Labute approximate surface area is 109 Å². The third-order valence-corrected chi connectivity index (χ3v) is 3.22. The molecule has 108 valence electrons. The van der Waals surface area contributed by atoms with Crippen molar-refractivity contribution in [2.45, 2.75) is 13.1 Å². The fourth-order valence-electron chi connectivity index (χ4n) is 0.925. The van der Waals surface area contributed by atoms with Gasteiger partial charge in [-0.3, -0.25) is 4.21 Å². The van der Waals surface area contributed by atoms with Gasteiger partial charge in [-0.25, -0.2) is 4.79 Å². The second-order valence-corrected chi connectivity index (χ2v) is 4.81. The van der Waals surface area contributed by atoms with E-state index in [0.29, 0.717) is 6.08 Å².